The summed E-state index contributed by atoms with van der Waals surface area (Å²) in [7, 11) is 0. The molecule has 0 bridgehead atoms. The number of rotatable bonds is 9. The van der Waals surface area contributed by atoms with Crippen molar-refractivity contribution in [2.24, 2.45) is 5.92 Å². The summed E-state index contributed by atoms with van der Waals surface area (Å²) in [6.07, 6.45) is 5.21. The molecule has 0 spiro atoms. The summed E-state index contributed by atoms with van der Waals surface area (Å²) in [5.41, 5.74) is 3.11. The summed E-state index contributed by atoms with van der Waals surface area (Å²) in [5, 5.41) is 7.69. The number of amides is 1. The predicted molar refractivity (Wildman–Crippen MR) is 109 cm³/mol. The fourth-order valence-corrected chi connectivity index (χ4v) is 3.07. The fourth-order valence-electron chi connectivity index (χ4n) is 3.07. The SMILES string of the molecule is O=C(NCCCOCC1CC1)c1cn(-c2ccccc2)nc1-c1ccccc1. The zero-order valence-corrected chi connectivity index (χ0v) is 15.9. The van der Waals surface area contributed by atoms with Gasteiger partial charge in [0.25, 0.3) is 5.91 Å². The predicted octanol–water partition coefficient (Wildman–Crippen LogP) is 4.09. The van der Waals surface area contributed by atoms with Crippen LogP contribution in [0.2, 0.25) is 0 Å². The van der Waals surface area contributed by atoms with Crippen LogP contribution >= 0.6 is 0 Å². The van der Waals surface area contributed by atoms with E-state index in [0.717, 1.165) is 30.2 Å². The average molecular weight is 375 g/mol. The first kappa shape index (κ1) is 18.4. The van der Waals surface area contributed by atoms with E-state index in [-0.39, 0.29) is 5.91 Å². The Morgan fingerprint density at radius 2 is 1.79 bits per heavy atom. The summed E-state index contributed by atoms with van der Waals surface area (Å²) in [4.78, 5) is 12.8. The molecule has 3 aromatic rings. The highest BCUT2D eigenvalue weighted by atomic mass is 16.5. The van der Waals surface area contributed by atoms with Crippen LogP contribution in [0.4, 0.5) is 0 Å². The Morgan fingerprint density at radius 3 is 2.50 bits per heavy atom. The van der Waals surface area contributed by atoms with Crippen molar-refractivity contribution in [2.45, 2.75) is 19.3 Å². The molecule has 5 nitrogen and oxygen atoms in total. The fraction of sp³-hybridized carbons (Fsp3) is 0.304. The molecule has 0 unspecified atom stereocenters. The zero-order chi connectivity index (χ0) is 19.2. The highest BCUT2D eigenvalue weighted by Gasteiger charge is 2.21. The third kappa shape index (κ3) is 4.67. The van der Waals surface area contributed by atoms with E-state index in [4.69, 9.17) is 4.74 Å². The smallest absolute Gasteiger partial charge is 0.255 e. The normalized spacial score (nSPS) is 13.4. The summed E-state index contributed by atoms with van der Waals surface area (Å²) in [5.74, 6) is 0.662. The maximum Gasteiger partial charge on any atom is 0.255 e. The largest absolute Gasteiger partial charge is 0.381 e. The molecule has 0 aliphatic heterocycles. The number of ether oxygens (including phenoxy) is 1. The second kappa shape index (κ2) is 8.85. The van der Waals surface area contributed by atoms with Crippen LogP contribution in [0.1, 0.15) is 29.6 Å². The van der Waals surface area contributed by atoms with E-state index in [0.29, 0.717) is 24.4 Å². The lowest BCUT2D eigenvalue weighted by Gasteiger charge is -2.06. The van der Waals surface area contributed by atoms with Gasteiger partial charge in [0.05, 0.1) is 11.3 Å². The first-order chi connectivity index (χ1) is 13.8. The van der Waals surface area contributed by atoms with Crippen LogP contribution in [0.15, 0.2) is 66.9 Å². The third-order valence-corrected chi connectivity index (χ3v) is 4.83. The van der Waals surface area contributed by atoms with Crippen LogP contribution in [0.5, 0.6) is 0 Å². The number of nitrogens with zero attached hydrogens (tertiary/aromatic N) is 2. The molecule has 0 atom stereocenters. The Hall–Kier alpha value is -2.92. The average Bonchev–Trinajstić information content (AvgIpc) is 3.46. The Kier molecular flexibility index (Phi) is 5.83. The van der Waals surface area contributed by atoms with Gasteiger partial charge in [0.2, 0.25) is 0 Å². The first-order valence-corrected chi connectivity index (χ1v) is 9.88. The van der Waals surface area contributed by atoms with E-state index < -0.39 is 0 Å². The van der Waals surface area contributed by atoms with E-state index >= 15 is 0 Å². The van der Waals surface area contributed by atoms with Crippen molar-refractivity contribution in [3.8, 4) is 16.9 Å². The number of aromatic nitrogens is 2. The minimum Gasteiger partial charge on any atom is -0.381 e. The van der Waals surface area contributed by atoms with Crippen LogP contribution in [0.3, 0.4) is 0 Å². The Morgan fingerprint density at radius 1 is 1.07 bits per heavy atom. The number of carbonyl (C=O) groups is 1. The Labute approximate surface area is 165 Å². The molecule has 1 fully saturated rings. The number of hydrogen-bond acceptors (Lipinski definition) is 3. The Bertz CT molecular complexity index is 902. The minimum absolute atomic E-state index is 0.108. The highest BCUT2D eigenvalue weighted by molar-refractivity contribution is 5.99. The van der Waals surface area contributed by atoms with Crippen molar-refractivity contribution in [1.29, 1.82) is 0 Å². The second-order valence-corrected chi connectivity index (χ2v) is 7.17. The van der Waals surface area contributed by atoms with Gasteiger partial charge in [-0.1, -0.05) is 48.5 Å². The van der Waals surface area contributed by atoms with E-state index in [9.17, 15) is 4.79 Å². The minimum atomic E-state index is -0.108. The number of para-hydroxylation sites is 1. The van der Waals surface area contributed by atoms with Crippen LogP contribution in [0, 0.1) is 5.92 Å². The standard InChI is InChI=1S/C23H25N3O2/c27-23(24-14-7-15-28-17-18-12-13-18)21-16-26(20-10-5-2-6-11-20)25-22(21)19-8-3-1-4-9-19/h1-6,8-11,16,18H,7,12-15,17H2,(H,24,27). The molecule has 144 valence electrons. The summed E-state index contributed by atoms with van der Waals surface area (Å²) in [6, 6.07) is 19.6. The summed E-state index contributed by atoms with van der Waals surface area (Å²) >= 11 is 0. The maximum atomic E-state index is 12.8. The molecule has 1 aliphatic rings. The molecule has 1 amide bonds. The van der Waals surface area contributed by atoms with Gasteiger partial charge in [0.1, 0.15) is 5.69 Å². The van der Waals surface area contributed by atoms with E-state index in [2.05, 4.69) is 10.4 Å². The molecule has 28 heavy (non-hydrogen) atoms. The van der Waals surface area contributed by atoms with Gasteiger partial charge in [-0.2, -0.15) is 5.10 Å². The van der Waals surface area contributed by atoms with Crippen molar-refractivity contribution >= 4 is 5.91 Å². The molecule has 1 heterocycles. The molecule has 1 aromatic heterocycles. The van der Waals surface area contributed by atoms with Gasteiger partial charge in [0.15, 0.2) is 0 Å². The number of carbonyl (C=O) groups excluding carboxylic acids is 1. The van der Waals surface area contributed by atoms with Gasteiger partial charge in [-0.3, -0.25) is 4.79 Å². The molecule has 5 heteroatoms. The molecule has 0 radical (unpaired) electrons. The lowest BCUT2D eigenvalue weighted by atomic mass is 10.1. The molecule has 1 aliphatic carbocycles. The molecule has 1 N–H and O–H groups in total. The molecule has 4 rings (SSSR count). The van der Waals surface area contributed by atoms with E-state index in [1.165, 1.54) is 12.8 Å². The van der Waals surface area contributed by atoms with Crippen LogP contribution in [-0.2, 0) is 4.74 Å². The summed E-state index contributed by atoms with van der Waals surface area (Å²) in [6.45, 7) is 2.13. The zero-order valence-electron chi connectivity index (χ0n) is 15.9. The van der Waals surface area contributed by atoms with E-state index in [1.807, 2.05) is 60.7 Å². The van der Waals surface area contributed by atoms with E-state index in [1.54, 1.807) is 10.9 Å². The molecule has 1 saturated carbocycles. The topological polar surface area (TPSA) is 56.1 Å². The van der Waals surface area contributed by atoms with Crippen molar-refractivity contribution < 1.29 is 9.53 Å². The second-order valence-electron chi connectivity index (χ2n) is 7.17. The van der Waals surface area contributed by atoms with Crippen molar-refractivity contribution in [1.82, 2.24) is 15.1 Å². The van der Waals surface area contributed by atoms with Gasteiger partial charge >= 0.3 is 0 Å². The maximum absolute atomic E-state index is 12.8. The number of hydrogen-bond donors (Lipinski definition) is 1. The third-order valence-electron chi connectivity index (χ3n) is 4.83. The van der Waals surface area contributed by atoms with Crippen molar-refractivity contribution in [3.05, 3.63) is 72.4 Å². The van der Waals surface area contributed by atoms with Gasteiger partial charge in [-0.15, -0.1) is 0 Å². The van der Waals surface area contributed by atoms with Gasteiger partial charge in [0, 0.05) is 31.5 Å². The van der Waals surface area contributed by atoms with Crippen LogP contribution < -0.4 is 5.32 Å². The van der Waals surface area contributed by atoms with Crippen LogP contribution in [-0.4, -0.2) is 35.4 Å². The van der Waals surface area contributed by atoms with Crippen molar-refractivity contribution in [2.75, 3.05) is 19.8 Å². The number of benzene rings is 2. The summed E-state index contributed by atoms with van der Waals surface area (Å²) < 4.78 is 7.39. The number of nitrogens with one attached hydrogen (secondary N) is 1. The van der Waals surface area contributed by atoms with Crippen LogP contribution in [0.25, 0.3) is 16.9 Å². The van der Waals surface area contributed by atoms with Gasteiger partial charge in [-0.05, 0) is 37.3 Å². The Balaban J connectivity index is 1.46. The molecular weight excluding hydrogens is 350 g/mol. The molecular formula is C23H25N3O2. The first-order valence-electron chi connectivity index (χ1n) is 9.88. The van der Waals surface area contributed by atoms with Gasteiger partial charge < -0.3 is 10.1 Å². The van der Waals surface area contributed by atoms with Gasteiger partial charge in [-0.25, -0.2) is 4.68 Å². The van der Waals surface area contributed by atoms with Crippen molar-refractivity contribution in [3.63, 3.8) is 0 Å². The molecule has 0 saturated heterocycles. The molecule has 2 aromatic carbocycles. The lowest BCUT2D eigenvalue weighted by molar-refractivity contribution is 0.0938. The quantitative estimate of drug-likeness (QED) is 0.573. The lowest BCUT2D eigenvalue weighted by Crippen LogP contribution is -2.25. The monoisotopic (exact) mass is 375 g/mol. The highest BCUT2D eigenvalue weighted by Crippen LogP contribution is 2.28.